The summed E-state index contributed by atoms with van der Waals surface area (Å²) in [6.07, 6.45) is 5.02. The van der Waals surface area contributed by atoms with E-state index in [9.17, 15) is 19.5 Å². The second-order valence-corrected chi connectivity index (χ2v) is 17.2. The zero-order valence-electron chi connectivity index (χ0n) is 40.2. The summed E-state index contributed by atoms with van der Waals surface area (Å²) in [6.45, 7) is 15.7. The van der Waals surface area contributed by atoms with Crippen LogP contribution in [0.25, 0.3) is 11.1 Å². The molecule has 0 saturated heterocycles. The Bertz CT molecular complexity index is 1950. The molecule has 5 rings (SSSR count). The van der Waals surface area contributed by atoms with Crippen LogP contribution in [0.3, 0.4) is 0 Å². The quantitative estimate of drug-likeness (QED) is 0.0732. The van der Waals surface area contributed by atoms with Gasteiger partial charge in [0.05, 0.1) is 130 Å². The van der Waals surface area contributed by atoms with Crippen LogP contribution in [0.2, 0.25) is 0 Å². The topological polar surface area (TPSA) is 211 Å². The van der Waals surface area contributed by atoms with Gasteiger partial charge < -0.3 is 68.2 Å². The number of nitrogens with zero attached hydrogens (tertiary/aromatic N) is 4. The predicted molar refractivity (Wildman–Crippen MR) is 254 cm³/mol. The van der Waals surface area contributed by atoms with Gasteiger partial charge in [0.15, 0.2) is 0 Å². The van der Waals surface area contributed by atoms with Crippen molar-refractivity contribution in [1.29, 1.82) is 0 Å². The standard InChI is InChI=1S/C49H72N6O13/c1-37(57)55-43-12-11-39(31-44(43)54(35-45(55)38-9-10-38)34-40-7-5-6-8-41(40)36-56)42-32-52-46(53-33-42)47(58)50-13-15-60-17-19-62-21-23-64-25-27-66-29-30-67-28-26-65-24-22-63-20-18-61-16-14-51-48(59)68-49(2,3)4/h5-8,11-12,31-33,38,45,56H,9-10,13-30,34-36H2,1-4H3,(H,50,58)(H,51,59)/t45-/m1/s1. The minimum absolute atomic E-state index is 0.0203. The summed E-state index contributed by atoms with van der Waals surface area (Å²) >= 11 is 0. The summed E-state index contributed by atoms with van der Waals surface area (Å²) in [5.41, 5.74) is 4.79. The Morgan fingerprint density at radius 1 is 0.647 bits per heavy atom. The first-order chi connectivity index (χ1) is 33.0. The molecule has 1 atom stereocenters. The molecule has 2 aliphatic rings. The molecule has 0 spiro atoms. The molecule has 2 aromatic carbocycles. The molecular formula is C49H72N6O13. The number of benzene rings is 2. The van der Waals surface area contributed by atoms with Crippen LogP contribution in [-0.2, 0) is 60.6 Å². The van der Waals surface area contributed by atoms with Crippen molar-refractivity contribution in [3.8, 4) is 11.1 Å². The molecule has 1 aliphatic carbocycles. The third-order valence-electron chi connectivity index (χ3n) is 10.7. The molecule has 0 radical (unpaired) electrons. The number of anilines is 2. The van der Waals surface area contributed by atoms with Crippen LogP contribution in [0.15, 0.2) is 54.9 Å². The van der Waals surface area contributed by atoms with Crippen molar-refractivity contribution in [3.05, 3.63) is 71.8 Å². The zero-order valence-corrected chi connectivity index (χ0v) is 40.2. The van der Waals surface area contributed by atoms with Crippen molar-refractivity contribution in [1.82, 2.24) is 20.6 Å². The Hall–Kier alpha value is -4.83. The Balaban J connectivity index is 0.836. The van der Waals surface area contributed by atoms with Crippen LogP contribution < -0.4 is 20.4 Å². The largest absolute Gasteiger partial charge is 0.444 e. The number of ether oxygens (including phenoxy) is 9. The minimum Gasteiger partial charge on any atom is -0.444 e. The second-order valence-electron chi connectivity index (χ2n) is 17.2. The number of amides is 3. The molecule has 0 unspecified atom stereocenters. The van der Waals surface area contributed by atoms with Crippen molar-refractivity contribution in [2.24, 2.45) is 5.92 Å². The fourth-order valence-corrected chi connectivity index (χ4v) is 7.30. The van der Waals surface area contributed by atoms with Crippen LogP contribution >= 0.6 is 0 Å². The van der Waals surface area contributed by atoms with E-state index in [-0.39, 0.29) is 30.9 Å². The van der Waals surface area contributed by atoms with Gasteiger partial charge in [-0.05, 0) is 68.4 Å². The highest BCUT2D eigenvalue weighted by molar-refractivity contribution is 5.98. The number of hydrogen-bond donors (Lipinski definition) is 3. The van der Waals surface area contributed by atoms with Crippen molar-refractivity contribution >= 4 is 29.3 Å². The molecule has 1 fully saturated rings. The normalized spacial score (nSPS) is 14.8. The van der Waals surface area contributed by atoms with Crippen LogP contribution in [-0.4, -0.2) is 170 Å². The molecule has 1 saturated carbocycles. The summed E-state index contributed by atoms with van der Waals surface area (Å²) in [6, 6.07) is 14.0. The van der Waals surface area contributed by atoms with Crippen molar-refractivity contribution in [2.45, 2.75) is 65.3 Å². The predicted octanol–water partition coefficient (Wildman–Crippen LogP) is 4.17. The van der Waals surface area contributed by atoms with E-state index >= 15 is 0 Å². The van der Waals surface area contributed by atoms with Gasteiger partial charge in [-0.2, -0.15) is 0 Å². The van der Waals surface area contributed by atoms with Gasteiger partial charge in [-0.25, -0.2) is 14.8 Å². The molecule has 19 nitrogen and oxygen atoms in total. The number of aliphatic hydroxyl groups excluding tert-OH is 1. The molecule has 68 heavy (non-hydrogen) atoms. The van der Waals surface area contributed by atoms with E-state index in [4.69, 9.17) is 42.6 Å². The Morgan fingerprint density at radius 3 is 1.60 bits per heavy atom. The Kier molecular flexibility index (Phi) is 23.8. The van der Waals surface area contributed by atoms with E-state index in [1.165, 1.54) is 0 Å². The molecule has 0 bridgehead atoms. The number of aromatic nitrogens is 2. The van der Waals surface area contributed by atoms with E-state index in [0.29, 0.717) is 131 Å². The minimum atomic E-state index is -0.526. The third kappa shape index (κ3) is 19.6. The van der Waals surface area contributed by atoms with E-state index in [2.05, 4.69) is 31.6 Å². The molecule has 3 aromatic rings. The van der Waals surface area contributed by atoms with Crippen molar-refractivity contribution < 1.29 is 62.1 Å². The maximum absolute atomic E-state index is 13.0. The van der Waals surface area contributed by atoms with E-state index < -0.39 is 17.6 Å². The highest BCUT2D eigenvalue weighted by Gasteiger charge is 2.42. The van der Waals surface area contributed by atoms with Crippen LogP contribution in [0.5, 0.6) is 0 Å². The van der Waals surface area contributed by atoms with Gasteiger partial charge in [-0.1, -0.05) is 30.3 Å². The lowest BCUT2D eigenvalue weighted by atomic mass is 9.98. The average Bonchev–Trinajstić information content (AvgIpc) is 4.18. The molecule has 376 valence electrons. The van der Waals surface area contributed by atoms with Crippen molar-refractivity contribution in [2.75, 3.05) is 135 Å². The third-order valence-corrected chi connectivity index (χ3v) is 10.7. The summed E-state index contributed by atoms with van der Waals surface area (Å²) in [5.74, 6) is 0.136. The summed E-state index contributed by atoms with van der Waals surface area (Å²) in [4.78, 5) is 50.3. The van der Waals surface area contributed by atoms with Gasteiger partial charge in [-0.3, -0.25) is 9.59 Å². The number of fused-ring (bicyclic) bond motifs is 1. The van der Waals surface area contributed by atoms with E-state index in [1.54, 1.807) is 19.3 Å². The molecule has 1 aromatic heterocycles. The SMILES string of the molecule is CC(=O)N1c2ccc(-c3cnc(C(=O)NCCOCCOCCOCCOCCOCCOCCOCCOCCNC(=O)OC(C)(C)C)nc3)cc2N(Cc2ccccc2CO)C[C@@H]1C1CC1. The molecule has 3 N–H and O–H groups in total. The molecule has 2 heterocycles. The van der Waals surface area contributed by atoms with Crippen LogP contribution in [0, 0.1) is 5.92 Å². The number of nitrogens with one attached hydrogen (secondary N) is 2. The molecule has 3 amide bonds. The van der Waals surface area contributed by atoms with Gasteiger partial charge in [0.2, 0.25) is 11.7 Å². The summed E-state index contributed by atoms with van der Waals surface area (Å²) < 4.78 is 49.2. The lowest BCUT2D eigenvalue weighted by molar-refractivity contribution is -0.117. The van der Waals surface area contributed by atoms with Gasteiger partial charge in [0.25, 0.3) is 5.91 Å². The number of alkyl carbamates (subject to hydrolysis) is 1. The summed E-state index contributed by atoms with van der Waals surface area (Å²) in [5, 5.41) is 15.4. The Labute approximate surface area is 400 Å². The van der Waals surface area contributed by atoms with Gasteiger partial charge >= 0.3 is 6.09 Å². The molecular weight excluding hydrogens is 881 g/mol. The summed E-state index contributed by atoms with van der Waals surface area (Å²) in [7, 11) is 0. The molecule has 1 aliphatic heterocycles. The highest BCUT2D eigenvalue weighted by atomic mass is 16.6. The van der Waals surface area contributed by atoms with Crippen LogP contribution in [0.1, 0.15) is 62.3 Å². The number of aliphatic hydroxyl groups is 1. The maximum atomic E-state index is 13.0. The second kappa shape index (κ2) is 29.9. The van der Waals surface area contributed by atoms with Gasteiger partial charge in [0, 0.05) is 51.1 Å². The number of rotatable bonds is 33. The average molecular weight is 953 g/mol. The lowest BCUT2D eigenvalue weighted by Crippen LogP contribution is -2.52. The monoisotopic (exact) mass is 953 g/mol. The first-order valence-electron chi connectivity index (χ1n) is 23.6. The fourth-order valence-electron chi connectivity index (χ4n) is 7.30. The highest BCUT2D eigenvalue weighted by Crippen LogP contribution is 2.45. The van der Waals surface area contributed by atoms with Crippen LogP contribution in [0.4, 0.5) is 16.2 Å². The number of carbonyl (C=O) groups is 3. The first kappa shape index (κ1) is 54.1. The van der Waals surface area contributed by atoms with Gasteiger partial charge in [-0.15, -0.1) is 0 Å². The van der Waals surface area contributed by atoms with Crippen molar-refractivity contribution in [3.63, 3.8) is 0 Å². The molecule has 19 heteroatoms. The number of hydrogen-bond acceptors (Lipinski definition) is 16. The lowest BCUT2D eigenvalue weighted by Gasteiger charge is -2.44. The smallest absolute Gasteiger partial charge is 0.407 e. The maximum Gasteiger partial charge on any atom is 0.407 e. The first-order valence-corrected chi connectivity index (χ1v) is 23.6. The van der Waals surface area contributed by atoms with E-state index in [1.807, 2.05) is 62.1 Å². The zero-order chi connectivity index (χ0) is 48.4. The van der Waals surface area contributed by atoms with Gasteiger partial charge in [0.1, 0.15) is 5.60 Å². The number of carbonyl (C=O) groups excluding carboxylic acids is 3. The van der Waals surface area contributed by atoms with E-state index in [0.717, 1.165) is 46.5 Å². The fraction of sp³-hybridized carbons (Fsp3) is 0.612. The Morgan fingerprint density at radius 2 is 1.13 bits per heavy atom.